The summed E-state index contributed by atoms with van der Waals surface area (Å²) in [6.07, 6.45) is -2.06. The normalized spacial score (nSPS) is 15.5. The average Bonchev–Trinajstić information content (AvgIpc) is 1.36. The maximum absolute atomic E-state index is 8.09. The lowest BCUT2D eigenvalue weighted by Gasteiger charge is -2.00. The van der Waals surface area contributed by atoms with E-state index >= 15 is 0 Å². The van der Waals surface area contributed by atoms with Crippen molar-refractivity contribution in [1.82, 2.24) is 0 Å². The monoisotopic (exact) mass is 91.0 g/mol. The standard InChI is InChI=1S/C3H7O3/c1-2(4)3(5)6/h2,4-6H,1H3. The molecule has 0 rings (SSSR count). The summed E-state index contributed by atoms with van der Waals surface area (Å²) in [5, 5.41) is 23.8. The summed E-state index contributed by atoms with van der Waals surface area (Å²) in [4.78, 5) is 0. The fourth-order valence-corrected chi connectivity index (χ4v) is 0. The van der Waals surface area contributed by atoms with Crippen LogP contribution < -0.4 is 0 Å². The molecule has 3 heteroatoms. The largest absolute Gasteiger partial charge is 0.388 e. The van der Waals surface area contributed by atoms with E-state index in [1.165, 1.54) is 6.92 Å². The van der Waals surface area contributed by atoms with Gasteiger partial charge in [0.15, 0.2) is 0 Å². The highest BCUT2D eigenvalue weighted by atomic mass is 16.5. The molecule has 3 N–H and O–H groups in total. The van der Waals surface area contributed by atoms with Gasteiger partial charge in [0.05, 0.1) is 0 Å². The maximum Gasteiger partial charge on any atom is 0.247 e. The van der Waals surface area contributed by atoms with Crippen molar-refractivity contribution < 1.29 is 15.3 Å². The molecular formula is C3H7O3. The summed E-state index contributed by atoms with van der Waals surface area (Å²) in [7, 11) is 0. The fourth-order valence-electron chi connectivity index (χ4n) is 0. The third-order valence-corrected chi connectivity index (χ3v) is 0.374. The molecule has 0 saturated carbocycles. The molecule has 3 nitrogen and oxygen atoms in total. The first-order valence-corrected chi connectivity index (χ1v) is 1.57. The van der Waals surface area contributed by atoms with Crippen molar-refractivity contribution in [3.8, 4) is 0 Å². The van der Waals surface area contributed by atoms with Gasteiger partial charge in [-0.15, -0.1) is 0 Å². The molecule has 0 fully saturated rings. The zero-order chi connectivity index (χ0) is 5.15. The average molecular weight is 91.1 g/mol. The smallest absolute Gasteiger partial charge is 0.247 e. The Bertz CT molecular complexity index is 27.0. The fraction of sp³-hybridized carbons (Fsp3) is 0.667. The van der Waals surface area contributed by atoms with Crippen LogP contribution in [-0.4, -0.2) is 21.4 Å². The van der Waals surface area contributed by atoms with Gasteiger partial charge in [0.2, 0.25) is 6.29 Å². The molecule has 37 valence electrons. The third-order valence-electron chi connectivity index (χ3n) is 0.374. The van der Waals surface area contributed by atoms with Gasteiger partial charge in [0.1, 0.15) is 6.10 Å². The van der Waals surface area contributed by atoms with Crippen molar-refractivity contribution in [3.05, 3.63) is 6.29 Å². The minimum atomic E-state index is -1.12. The summed E-state index contributed by atoms with van der Waals surface area (Å²) >= 11 is 0. The van der Waals surface area contributed by atoms with E-state index in [-0.39, 0.29) is 0 Å². The molecule has 0 amide bonds. The summed E-state index contributed by atoms with van der Waals surface area (Å²) in [5.74, 6) is 0. The zero-order valence-electron chi connectivity index (χ0n) is 3.42. The molecule has 0 saturated heterocycles. The molecule has 0 aromatic heterocycles. The zero-order valence-corrected chi connectivity index (χ0v) is 3.42. The predicted octanol–water partition coefficient (Wildman–Crippen LogP) is -0.398. The van der Waals surface area contributed by atoms with Crippen LogP contribution in [0, 0.1) is 6.29 Å². The van der Waals surface area contributed by atoms with Gasteiger partial charge >= 0.3 is 0 Å². The number of aliphatic hydroxyl groups is 3. The first-order chi connectivity index (χ1) is 2.64. The third kappa shape index (κ3) is 2.14. The predicted molar refractivity (Wildman–Crippen MR) is 18.8 cm³/mol. The molecule has 0 aromatic carbocycles. The molecule has 0 spiro atoms. The highest BCUT2D eigenvalue weighted by Gasteiger charge is 2.04. The van der Waals surface area contributed by atoms with Crippen LogP contribution in [-0.2, 0) is 0 Å². The molecule has 1 unspecified atom stereocenters. The highest BCUT2D eigenvalue weighted by Crippen LogP contribution is 1.91. The maximum atomic E-state index is 8.09. The molecule has 0 aliphatic rings. The number of aliphatic hydroxyl groups excluding tert-OH is 2. The van der Waals surface area contributed by atoms with E-state index in [9.17, 15) is 0 Å². The Morgan fingerprint density at radius 3 is 1.67 bits per heavy atom. The van der Waals surface area contributed by atoms with Crippen molar-refractivity contribution in [1.29, 1.82) is 0 Å². The van der Waals surface area contributed by atoms with Crippen molar-refractivity contribution in [3.63, 3.8) is 0 Å². The molecule has 0 aromatic rings. The lowest BCUT2D eigenvalue weighted by atomic mass is 10.4. The van der Waals surface area contributed by atoms with Crippen LogP contribution in [0.1, 0.15) is 6.92 Å². The summed E-state index contributed by atoms with van der Waals surface area (Å²) in [6, 6.07) is 0. The summed E-state index contributed by atoms with van der Waals surface area (Å²) in [5.41, 5.74) is 0. The molecular weight excluding hydrogens is 84.0 g/mol. The Balaban J connectivity index is 2.99. The second-order valence-corrected chi connectivity index (χ2v) is 1.03. The van der Waals surface area contributed by atoms with Gasteiger partial charge < -0.3 is 15.3 Å². The van der Waals surface area contributed by atoms with Crippen LogP contribution in [0.15, 0.2) is 0 Å². The topological polar surface area (TPSA) is 60.7 Å². The van der Waals surface area contributed by atoms with Gasteiger partial charge in [0, 0.05) is 0 Å². The van der Waals surface area contributed by atoms with Crippen LogP contribution in [0.4, 0.5) is 0 Å². The van der Waals surface area contributed by atoms with Crippen LogP contribution in [0.2, 0.25) is 0 Å². The Hall–Kier alpha value is -0.120. The molecule has 1 radical (unpaired) electrons. The van der Waals surface area contributed by atoms with Gasteiger partial charge in [-0.2, -0.15) is 0 Å². The Morgan fingerprint density at radius 1 is 1.50 bits per heavy atom. The molecule has 0 heterocycles. The lowest BCUT2D eigenvalue weighted by molar-refractivity contribution is -0.0128. The molecule has 6 heavy (non-hydrogen) atoms. The summed E-state index contributed by atoms with van der Waals surface area (Å²) < 4.78 is 0. The van der Waals surface area contributed by atoms with E-state index in [2.05, 4.69) is 0 Å². The van der Waals surface area contributed by atoms with Gasteiger partial charge in [-0.3, -0.25) is 0 Å². The van der Waals surface area contributed by atoms with E-state index in [0.717, 1.165) is 0 Å². The van der Waals surface area contributed by atoms with Gasteiger partial charge in [-0.1, -0.05) is 0 Å². The van der Waals surface area contributed by atoms with E-state index in [4.69, 9.17) is 15.3 Å². The van der Waals surface area contributed by atoms with Crippen LogP contribution in [0.25, 0.3) is 0 Å². The van der Waals surface area contributed by atoms with Crippen molar-refractivity contribution >= 4 is 0 Å². The van der Waals surface area contributed by atoms with Crippen molar-refractivity contribution in [2.24, 2.45) is 0 Å². The first kappa shape index (κ1) is 5.88. The molecule has 0 aliphatic carbocycles. The highest BCUT2D eigenvalue weighted by molar-refractivity contribution is 4.63. The summed E-state index contributed by atoms with van der Waals surface area (Å²) in [6.45, 7) is 1.26. The second kappa shape index (κ2) is 2.12. The number of rotatable bonds is 1. The molecule has 0 aliphatic heterocycles. The number of hydrogen-bond donors (Lipinski definition) is 3. The Kier molecular flexibility index (Phi) is 2.08. The minimum absolute atomic E-state index is 0.935. The van der Waals surface area contributed by atoms with Crippen LogP contribution in [0.3, 0.4) is 0 Å². The van der Waals surface area contributed by atoms with Gasteiger partial charge in [-0.25, -0.2) is 0 Å². The number of hydrogen-bond acceptors (Lipinski definition) is 3. The van der Waals surface area contributed by atoms with E-state index < -0.39 is 12.4 Å². The molecule has 1 atom stereocenters. The van der Waals surface area contributed by atoms with E-state index in [0.29, 0.717) is 0 Å². The first-order valence-electron chi connectivity index (χ1n) is 1.57. The van der Waals surface area contributed by atoms with Crippen LogP contribution >= 0.6 is 0 Å². The van der Waals surface area contributed by atoms with E-state index in [1.807, 2.05) is 0 Å². The SMILES string of the molecule is CC(O)[C](O)O. The van der Waals surface area contributed by atoms with E-state index in [1.54, 1.807) is 0 Å². The second-order valence-electron chi connectivity index (χ2n) is 1.03. The van der Waals surface area contributed by atoms with Crippen molar-refractivity contribution in [2.45, 2.75) is 13.0 Å². The molecule has 0 bridgehead atoms. The quantitative estimate of drug-likeness (QED) is 0.411. The Morgan fingerprint density at radius 2 is 1.67 bits per heavy atom. The van der Waals surface area contributed by atoms with Crippen molar-refractivity contribution in [2.75, 3.05) is 0 Å². The van der Waals surface area contributed by atoms with Crippen LogP contribution in [0.5, 0.6) is 0 Å². The Labute approximate surface area is 35.9 Å². The lowest BCUT2D eigenvalue weighted by Crippen LogP contribution is -2.11. The van der Waals surface area contributed by atoms with Gasteiger partial charge in [-0.05, 0) is 6.92 Å². The van der Waals surface area contributed by atoms with Gasteiger partial charge in [0.25, 0.3) is 0 Å². The minimum Gasteiger partial charge on any atom is -0.388 e.